The molecule has 0 spiro atoms. The molecule has 1 aromatic carbocycles. The third-order valence-corrected chi connectivity index (χ3v) is 4.38. The van der Waals surface area contributed by atoms with Crippen LogP contribution in [0, 0.1) is 6.92 Å². The van der Waals surface area contributed by atoms with Crippen LogP contribution >= 0.6 is 0 Å². The molecule has 5 heteroatoms. The molecule has 0 radical (unpaired) electrons. The number of hydrogen-bond acceptors (Lipinski definition) is 4. The molecule has 1 aliphatic heterocycles. The lowest BCUT2D eigenvalue weighted by atomic mass is 10.2. The summed E-state index contributed by atoms with van der Waals surface area (Å²) in [6.07, 6.45) is 1.85. The predicted octanol–water partition coefficient (Wildman–Crippen LogP) is 2.15. The van der Waals surface area contributed by atoms with Crippen LogP contribution in [0.4, 0.5) is 5.69 Å². The van der Waals surface area contributed by atoms with Crippen molar-refractivity contribution >= 4 is 11.6 Å². The Morgan fingerprint density at radius 3 is 2.46 bits per heavy atom. The van der Waals surface area contributed by atoms with Gasteiger partial charge in [-0.1, -0.05) is 24.3 Å². The number of anilines is 1. The standard InChI is InChI=1S/C19H24N4O/c1-16-6-5-9-20-18(16)14-22-10-12-23(13-11-22)15-19(24)21-17-7-3-2-4-8-17/h2-9H,10-15H2,1H3,(H,21,24). The summed E-state index contributed by atoms with van der Waals surface area (Å²) in [5.41, 5.74) is 3.24. The molecule has 0 saturated carbocycles. The Morgan fingerprint density at radius 1 is 1.04 bits per heavy atom. The Bertz CT molecular complexity index is 666. The van der Waals surface area contributed by atoms with Gasteiger partial charge in [0.1, 0.15) is 0 Å². The molecular formula is C19H24N4O. The molecule has 0 bridgehead atoms. The Morgan fingerprint density at radius 2 is 1.75 bits per heavy atom. The van der Waals surface area contributed by atoms with E-state index in [0.717, 1.165) is 44.1 Å². The number of aryl methyl sites for hydroxylation is 1. The van der Waals surface area contributed by atoms with Crippen LogP contribution in [-0.4, -0.2) is 53.4 Å². The summed E-state index contributed by atoms with van der Waals surface area (Å²) < 4.78 is 0. The highest BCUT2D eigenvalue weighted by Gasteiger charge is 2.19. The lowest BCUT2D eigenvalue weighted by molar-refractivity contribution is -0.117. The van der Waals surface area contributed by atoms with E-state index >= 15 is 0 Å². The molecule has 1 fully saturated rings. The van der Waals surface area contributed by atoms with Gasteiger partial charge in [0, 0.05) is 44.6 Å². The van der Waals surface area contributed by atoms with E-state index in [1.165, 1.54) is 5.56 Å². The monoisotopic (exact) mass is 324 g/mol. The number of carbonyl (C=O) groups excluding carboxylic acids is 1. The lowest BCUT2D eigenvalue weighted by Crippen LogP contribution is -2.48. The van der Waals surface area contributed by atoms with Crippen LogP contribution in [0.25, 0.3) is 0 Å². The van der Waals surface area contributed by atoms with Crippen molar-refractivity contribution in [3.8, 4) is 0 Å². The summed E-state index contributed by atoms with van der Waals surface area (Å²) in [5.74, 6) is 0.0511. The zero-order chi connectivity index (χ0) is 16.8. The SMILES string of the molecule is Cc1cccnc1CN1CCN(CC(=O)Nc2ccccc2)CC1. The third-order valence-electron chi connectivity index (χ3n) is 4.38. The van der Waals surface area contributed by atoms with Gasteiger partial charge in [0.15, 0.2) is 0 Å². The predicted molar refractivity (Wildman–Crippen MR) is 95.8 cm³/mol. The summed E-state index contributed by atoms with van der Waals surface area (Å²) in [4.78, 5) is 21.2. The zero-order valence-corrected chi connectivity index (χ0v) is 14.1. The Hall–Kier alpha value is -2.24. The number of piperazine rings is 1. The van der Waals surface area contributed by atoms with Gasteiger partial charge in [0.25, 0.3) is 0 Å². The molecule has 0 atom stereocenters. The molecule has 2 heterocycles. The van der Waals surface area contributed by atoms with Crippen molar-refractivity contribution in [1.82, 2.24) is 14.8 Å². The molecule has 126 valence electrons. The van der Waals surface area contributed by atoms with E-state index in [1.54, 1.807) is 0 Å². The molecule has 1 aromatic heterocycles. The number of carbonyl (C=O) groups is 1. The van der Waals surface area contributed by atoms with Crippen molar-refractivity contribution in [3.63, 3.8) is 0 Å². The summed E-state index contributed by atoms with van der Waals surface area (Å²) in [7, 11) is 0. The summed E-state index contributed by atoms with van der Waals surface area (Å²) in [5, 5.41) is 2.94. The molecule has 1 aliphatic rings. The van der Waals surface area contributed by atoms with Crippen molar-refractivity contribution < 1.29 is 4.79 Å². The van der Waals surface area contributed by atoms with E-state index < -0.39 is 0 Å². The molecule has 0 aliphatic carbocycles. The summed E-state index contributed by atoms with van der Waals surface area (Å²) >= 11 is 0. The first-order valence-electron chi connectivity index (χ1n) is 8.41. The molecule has 3 rings (SSSR count). The first kappa shape index (κ1) is 16.6. The second-order valence-corrected chi connectivity index (χ2v) is 6.23. The molecule has 24 heavy (non-hydrogen) atoms. The summed E-state index contributed by atoms with van der Waals surface area (Å²) in [6, 6.07) is 13.7. The number of rotatable bonds is 5. The third kappa shape index (κ3) is 4.63. The van der Waals surface area contributed by atoms with Gasteiger partial charge in [-0.2, -0.15) is 0 Å². The topological polar surface area (TPSA) is 48.5 Å². The van der Waals surface area contributed by atoms with Gasteiger partial charge >= 0.3 is 0 Å². The fourth-order valence-electron chi connectivity index (χ4n) is 2.93. The van der Waals surface area contributed by atoms with Crippen LogP contribution in [0.15, 0.2) is 48.7 Å². The van der Waals surface area contributed by atoms with Crippen LogP contribution in [0.5, 0.6) is 0 Å². The molecule has 5 nitrogen and oxygen atoms in total. The van der Waals surface area contributed by atoms with Gasteiger partial charge < -0.3 is 5.32 Å². The Kier molecular flexibility index (Phi) is 5.56. The van der Waals surface area contributed by atoms with E-state index in [4.69, 9.17) is 0 Å². The number of nitrogens with zero attached hydrogens (tertiary/aromatic N) is 3. The van der Waals surface area contributed by atoms with Gasteiger partial charge in [0.05, 0.1) is 12.2 Å². The van der Waals surface area contributed by atoms with Crippen molar-refractivity contribution in [2.75, 3.05) is 38.0 Å². The van der Waals surface area contributed by atoms with Crippen LogP contribution in [0.2, 0.25) is 0 Å². The smallest absolute Gasteiger partial charge is 0.238 e. The fraction of sp³-hybridized carbons (Fsp3) is 0.368. The van der Waals surface area contributed by atoms with Crippen LogP contribution in [0.1, 0.15) is 11.3 Å². The second-order valence-electron chi connectivity index (χ2n) is 6.23. The number of amides is 1. The van der Waals surface area contributed by atoms with E-state index in [-0.39, 0.29) is 5.91 Å². The van der Waals surface area contributed by atoms with E-state index in [9.17, 15) is 4.79 Å². The van der Waals surface area contributed by atoms with E-state index in [0.29, 0.717) is 6.54 Å². The average molecular weight is 324 g/mol. The quantitative estimate of drug-likeness (QED) is 0.915. The summed E-state index contributed by atoms with van der Waals surface area (Å²) in [6.45, 7) is 7.19. The minimum Gasteiger partial charge on any atom is -0.325 e. The Balaban J connectivity index is 1.43. The number of benzene rings is 1. The number of para-hydroxylation sites is 1. The molecule has 1 N–H and O–H groups in total. The maximum atomic E-state index is 12.1. The van der Waals surface area contributed by atoms with E-state index in [2.05, 4.69) is 33.1 Å². The molecule has 2 aromatic rings. The number of hydrogen-bond donors (Lipinski definition) is 1. The van der Waals surface area contributed by atoms with Crippen LogP contribution < -0.4 is 5.32 Å². The minimum absolute atomic E-state index is 0.0511. The fourth-order valence-corrected chi connectivity index (χ4v) is 2.93. The van der Waals surface area contributed by atoms with Crippen LogP contribution in [0.3, 0.4) is 0 Å². The van der Waals surface area contributed by atoms with Crippen molar-refractivity contribution in [3.05, 3.63) is 59.9 Å². The highest BCUT2D eigenvalue weighted by atomic mass is 16.2. The lowest BCUT2D eigenvalue weighted by Gasteiger charge is -2.34. The highest BCUT2D eigenvalue weighted by Crippen LogP contribution is 2.10. The number of pyridine rings is 1. The van der Waals surface area contributed by atoms with Crippen molar-refractivity contribution in [2.24, 2.45) is 0 Å². The van der Waals surface area contributed by atoms with Gasteiger partial charge in [-0.15, -0.1) is 0 Å². The van der Waals surface area contributed by atoms with Crippen molar-refractivity contribution in [1.29, 1.82) is 0 Å². The van der Waals surface area contributed by atoms with Gasteiger partial charge in [-0.25, -0.2) is 0 Å². The average Bonchev–Trinajstić information content (AvgIpc) is 2.59. The van der Waals surface area contributed by atoms with Crippen molar-refractivity contribution in [2.45, 2.75) is 13.5 Å². The first-order valence-corrected chi connectivity index (χ1v) is 8.41. The molecule has 1 saturated heterocycles. The highest BCUT2D eigenvalue weighted by molar-refractivity contribution is 5.92. The van der Waals surface area contributed by atoms with Crippen LogP contribution in [-0.2, 0) is 11.3 Å². The minimum atomic E-state index is 0.0511. The van der Waals surface area contributed by atoms with Gasteiger partial charge in [0.2, 0.25) is 5.91 Å². The molecular weight excluding hydrogens is 300 g/mol. The molecule has 1 amide bonds. The normalized spacial score (nSPS) is 16.0. The number of aromatic nitrogens is 1. The Labute approximate surface area is 143 Å². The van der Waals surface area contributed by atoms with E-state index in [1.807, 2.05) is 42.6 Å². The maximum absolute atomic E-state index is 12.1. The van der Waals surface area contributed by atoms with Gasteiger partial charge in [-0.3, -0.25) is 19.6 Å². The number of nitrogens with one attached hydrogen (secondary N) is 1. The zero-order valence-electron chi connectivity index (χ0n) is 14.1. The first-order chi connectivity index (χ1) is 11.7. The van der Waals surface area contributed by atoms with Gasteiger partial charge in [-0.05, 0) is 30.7 Å². The largest absolute Gasteiger partial charge is 0.325 e. The maximum Gasteiger partial charge on any atom is 0.238 e. The second kappa shape index (κ2) is 8.04. The molecule has 0 unspecified atom stereocenters.